The van der Waals surface area contributed by atoms with Crippen molar-refractivity contribution in [3.63, 3.8) is 0 Å². The van der Waals surface area contributed by atoms with Crippen LogP contribution in [0, 0.1) is 6.92 Å². The van der Waals surface area contributed by atoms with Crippen molar-refractivity contribution in [1.82, 2.24) is 0 Å². The zero-order valence-electron chi connectivity index (χ0n) is 8.66. The molecular formula is C12H14N2O. The second kappa shape index (κ2) is 4.09. The van der Waals surface area contributed by atoms with Gasteiger partial charge in [-0.2, -0.15) is 0 Å². The first-order chi connectivity index (χ1) is 7.25. The first-order valence-electron chi connectivity index (χ1n) is 4.87. The molecule has 2 rings (SSSR count). The van der Waals surface area contributed by atoms with Crippen LogP contribution in [0.25, 0.3) is 0 Å². The van der Waals surface area contributed by atoms with Crippen molar-refractivity contribution >= 4 is 11.4 Å². The second-order valence-corrected chi connectivity index (χ2v) is 3.58. The molecular weight excluding hydrogens is 188 g/mol. The SMILES string of the molecule is Cc1ccc(N)c(NCc2ccoc2)c1. The van der Waals surface area contributed by atoms with Crippen LogP contribution < -0.4 is 11.1 Å². The van der Waals surface area contributed by atoms with E-state index in [1.807, 2.05) is 31.2 Å². The summed E-state index contributed by atoms with van der Waals surface area (Å²) in [6.07, 6.45) is 3.38. The number of rotatable bonds is 3. The first-order valence-corrected chi connectivity index (χ1v) is 4.87. The van der Waals surface area contributed by atoms with E-state index >= 15 is 0 Å². The number of hydrogen-bond acceptors (Lipinski definition) is 3. The standard InChI is InChI=1S/C12H14N2O/c1-9-2-3-11(13)12(6-9)14-7-10-4-5-15-8-10/h2-6,8,14H,7,13H2,1H3. The van der Waals surface area contributed by atoms with Crippen molar-refractivity contribution in [2.75, 3.05) is 11.1 Å². The molecule has 0 aliphatic carbocycles. The third kappa shape index (κ3) is 2.31. The molecule has 1 aromatic carbocycles. The molecule has 0 bridgehead atoms. The van der Waals surface area contributed by atoms with E-state index in [4.69, 9.17) is 10.2 Å². The van der Waals surface area contributed by atoms with Crippen LogP contribution >= 0.6 is 0 Å². The average molecular weight is 202 g/mol. The van der Waals surface area contributed by atoms with Gasteiger partial charge in [-0.05, 0) is 30.7 Å². The molecule has 0 saturated carbocycles. The van der Waals surface area contributed by atoms with Crippen molar-refractivity contribution in [2.24, 2.45) is 0 Å². The van der Waals surface area contributed by atoms with Gasteiger partial charge in [0.05, 0.1) is 23.9 Å². The number of hydrogen-bond donors (Lipinski definition) is 2. The van der Waals surface area contributed by atoms with Gasteiger partial charge in [0.15, 0.2) is 0 Å². The number of anilines is 2. The topological polar surface area (TPSA) is 51.2 Å². The van der Waals surface area contributed by atoms with Gasteiger partial charge in [-0.3, -0.25) is 0 Å². The van der Waals surface area contributed by atoms with E-state index in [1.165, 1.54) is 5.56 Å². The van der Waals surface area contributed by atoms with Crippen LogP contribution in [0.4, 0.5) is 11.4 Å². The Kier molecular flexibility index (Phi) is 2.63. The Morgan fingerprint density at radius 1 is 1.33 bits per heavy atom. The molecule has 0 aliphatic heterocycles. The van der Waals surface area contributed by atoms with Crippen molar-refractivity contribution in [1.29, 1.82) is 0 Å². The average Bonchev–Trinajstić information content (AvgIpc) is 2.72. The van der Waals surface area contributed by atoms with Gasteiger partial charge in [-0.15, -0.1) is 0 Å². The van der Waals surface area contributed by atoms with Crippen molar-refractivity contribution in [3.05, 3.63) is 47.9 Å². The summed E-state index contributed by atoms with van der Waals surface area (Å²) in [5, 5.41) is 3.27. The third-order valence-electron chi connectivity index (χ3n) is 2.27. The molecule has 0 saturated heterocycles. The zero-order valence-corrected chi connectivity index (χ0v) is 8.66. The fraction of sp³-hybridized carbons (Fsp3) is 0.167. The molecule has 1 heterocycles. The summed E-state index contributed by atoms with van der Waals surface area (Å²) in [6.45, 7) is 2.77. The number of benzene rings is 1. The summed E-state index contributed by atoms with van der Waals surface area (Å²) in [4.78, 5) is 0. The summed E-state index contributed by atoms with van der Waals surface area (Å²) in [6, 6.07) is 7.87. The van der Waals surface area contributed by atoms with Crippen molar-refractivity contribution in [3.8, 4) is 0 Å². The Balaban J connectivity index is 2.07. The third-order valence-corrected chi connectivity index (χ3v) is 2.27. The molecule has 0 atom stereocenters. The first kappa shape index (κ1) is 9.65. The zero-order chi connectivity index (χ0) is 10.7. The fourth-order valence-corrected chi connectivity index (χ4v) is 1.41. The Bertz CT molecular complexity index is 435. The Labute approximate surface area is 88.9 Å². The molecule has 1 aromatic heterocycles. The molecule has 78 valence electrons. The Hall–Kier alpha value is -1.90. The van der Waals surface area contributed by atoms with Gasteiger partial charge in [0.2, 0.25) is 0 Å². The largest absolute Gasteiger partial charge is 0.472 e. The number of aryl methyl sites for hydroxylation is 1. The lowest BCUT2D eigenvalue weighted by Gasteiger charge is -2.08. The quantitative estimate of drug-likeness (QED) is 0.752. The second-order valence-electron chi connectivity index (χ2n) is 3.58. The minimum absolute atomic E-state index is 0.726. The maximum absolute atomic E-state index is 5.84. The predicted octanol–water partition coefficient (Wildman–Crippen LogP) is 2.78. The highest BCUT2D eigenvalue weighted by molar-refractivity contribution is 5.66. The molecule has 3 nitrogen and oxygen atoms in total. The van der Waals surface area contributed by atoms with Crippen molar-refractivity contribution < 1.29 is 4.42 Å². The highest BCUT2D eigenvalue weighted by atomic mass is 16.3. The lowest BCUT2D eigenvalue weighted by Crippen LogP contribution is -2.01. The van der Waals surface area contributed by atoms with E-state index in [0.717, 1.165) is 23.5 Å². The van der Waals surface area contributed by atoms with E-state index < -0.39 is 0 Å². The maximum atomic E-state index is 5.84. The van der Waals surface area contributed by atoms with Gasteiger partial charge in [0.1, 0.15) is 0 Å². The summed E-state index contributed by atoms with van der Waals surface area (Å²) >= 11 is 0. The van der Waals surface area contributed by atoms with E-state index in [2.05, 4.69) is 5.32 Å². The number of nitrogens with one attached hydrogen (secondary N) is 1. The highest BCUT2D eigenvalue weighted by Crippen LogP contribution is 2.20. The van der Waals surface area contributed by atoms with Crippen LogP contribution in [-0.4, -0.2) is 0 Å². The van der Waals surface area contributed by atoms with Gasteiger partial charge in [-0.1, -0.05) is 6.07 Å². The van der Waals surface area contributed by atoms with Gasteiger partial charge >= 0.3 is 0 Å². The summed E-state index contributed by atoms with van der Waals surface area (Å²) in [5.74, 6) is 0. The lowest BCUT2D eigenvalue weighted by molar-refractivity contribution is 0.564. The van der Waals surface area contributed by atoms with Crippen LogP contribution in [0.5, 0.6) is 0 Å². The summed E-state index contributed by atoms with van der Waals surface area (Å²) in [7, 11) is 0. The van der Waals surface area contributed by atoms with Gasteiger partial charge in [0, 0.05) is 12.1 Å². The minimum Gasteiger partial charge on any atom is -0.472 e. The lowest BCUT2D eigenvalue weighted by atomic mass is 10.2. The monoisotopic (exact) mass is 202 g/mol. The molecule has 0 amide bonds. The minimum atomic E-state index is 0.726. The maximum Gasteiger partial charge on any atom is 0.0952 e. The van der Waals surface area contributed by atoms with Crippen molar-refractivity contribution in [2.45, 2.75) is 13.5 Å². The molecule has 0 fully saturated rings. The predicted molar refractivity (Wildman–Crippen MR) is 61.6 cm³/mol. The number of furan rings is 1. The number of nitrogens with two attached hydrogens (primary N) is 1. The van der Waals surface area contributed by atoms with Crippen LogP contribution in [0.15, 0.2) is 41.2 Å². The Morgan fingerprint density at radius 3 is 2.93 bits per heavy atom. The van der Waals surface area contributed by atoms with Gasteiger partial charge in [-0.25, -0.2) is 0 Å². The molecule has 0 radical (unpaired) electrons. The van der Waals surface area contributed by atoms with E-state index in [0.29, 0.717) is 0 Å². The molecule has 0 unspecified atom stereocenters. The molecule has 3 N–H and O–H groups in total. The van der Waals surface area contributed by atoms with E-state index in [-0.39, 0.29) is 0 Å². The summed E-state index contributed by atoms with van der Waals surface area (Å²) < 4.78 is 4.99. The van der Waals surface area contributed by atoms with Crippen LogP contribution in [-0.2, 0) is 6.54 Å². The molecule has 0 aliphatic rings. The molecule has 2 aromatic rings. The smallest absolute Gasteiger partial charge is 0.0952 e. The van der Waals surface area contributed by atoms with Gasteiger partial charge in [0.25, 0.3) is 0 Å². The Morgan fingerprint density at radius 2 is 2.20 bits per heavy atom. The summed E-state index contributed by atoms with van der Waals surface area (Å²) in [5.41, 5.74) is 9.88. The molecule has 15 heavy (non-hydrogen) atoms. The van der Waals surface area contributed by atoms with E-state index in [1.54, 1.807) is 12.5 Å². The molecule has 3 heteroatoms. The normalized spacial score (nSPS) is 10.2. The van der Waals surface area contributed by atoms with Crippen LogP contribution in [0.2, 0.25) is 0 Å². The fourth-order valence-electron chi connectivity index (χ4n) is 1.41. The van der Waals surface area contributed by atoms with Crippen LogP contribution in [0.1, 0.15) is 11.1 Å². The van der Waals surface area contributed by atoms with E-state index in [9.17, 15) is 0 Å². The highest BCUT2D eigenvalue weighted by Gasteiger charge is 1.99. The van der Waals surface area contributed by atoms with Crippen LogP contribution in [0.3, 0.4) is 0 Å². The van der Waals surface area contributed by atoms with Gasteiger partial charge < -0.3 is 15.5 Å². The molecule has 0 spiro atoms. The number of nitrogen functional groups attached to an aromatic ring is 1.